The lowest BCUT2D eigenvalue weighted by atomic mass is 9.91. The molecule has 1 aliphatic rings. The van der Waals surface area contributed by atoms with Crippen molar-refractivity contribution in [3.05, 3.63) is 35.5 Å². The van der Waals surface area contributed by atoms with E-state index in [-0.39, 0.29) is 18.7 Å². The van der Waals surface area contributed by atoms with E-state index in [0.29, 0.717) is 18.9 Å². The molecule has 1 aromatic heterocycles. The number of rotatable bonds is 5. The highest BCUT2D eigenvalue weighted by molar-refractivity contribution is 5.87. The maximum Gasteiger partial charge on any atom is 0.407 e. The highest BCUT2D eigenvalue weighted by Crippen LogP contribution is 2.32. The lowest BCUT2D eigenvalue weighted by Crippen LogP contribution is -2.39. The number of amides is 1. The summed E-state index contributed by atoms with van der Waals surface area (Å²) < 4.78 is 7.10. The molecule has 0 radical (unpaired) electrons. The molecule has 134 valence electrons. The van der Waals surface area contributed by atoms with Gasteiger partial charge in [-0.25, -0.2) is 4.79 Å². The highest BCUT2D eigenvalue weighted by atomic mass is 16.5. The van der Waals surface area contributed by atoms with Crippen molar-refractivity contribution in [2.45, 2.75) is 45.7 Å². The number of para-hydroxylation sites is 1. The van der Waals surface area contributed by atoms with Gasteiger partial charge in [-0.05, 0) is 36.8 Å². The smallest absolute Gasteiger partial charge is 0.407 e. The van der Waals surface area contributed by atoms with Gasteiger partial charge in [-0.3, -0.25) is 4.79 Å². The molecule has 1 atom stereocenters. The first-order valence-electron chi connectivity index (χ1n) is 8.69. The monoisotopic (exact) mass is 344 g/mol. The van der Waals surface area contributed by atoms with Crippen molar-refractivity contribution in [1.29, 1.82) is 0 Å². The largest absolute Gasteiger partial charge is 0.480 e. The topological polar surface area (TPSA) is 80.6 Å². The molecular formula is C19H24N2O4. The summed E-state index contributed by atoms with van der Waals surface area (Å²) >= 11 is 0. The Morgan fingerprint density at radius 3 is 2.84 bits per heavy atom. The number of nitrogens with zero attached hydrogens (tertiary/aromatic N) is 1. The molecule has 0 fully saturated rings. The molecule has 0 bridgehead atoms. The van der Waals surface area contributed by atoms with Crippen LogP contribution in [0.25, 0.3) is 10.9 Å². The third-order valence-electron chi connectivity index (χ3n) is 4.54. The van der Waals surface area contributed by atoms with E-state index in [1.165, 1.54) is 0 Å². The number of benzene rings is 1. The number of hydrogen-bond donors (Lipinski definition) is 2. The fourth-order valence-electron chi connectivity index (χ4n) is 3.49. The number of ether oxygens (including phenoxy) is 1. The van der Waals surface area contributed by atoms with Crippen LogP contribution in [-0.2, 0) is 28.9 Å². The van der Waals surface area contributed by atoms with E-state index in [4.69, 9.17) is 4.74 Å². The van der Waals surface area contributed by atoms with E-state index in [9.17, 15) is 14.7 Å². The minimum atomic E-state index is -0.846. The third-order valence-corrected chi connectivity index (χ3v) is 4.54. The highest BCUT2D eigenvalue weighted by Gasteiger charge is 2.27. The molecule has 1 aliphatic carbocycles. The molecule has 2 N–H and O–H groups in total. The lowest BCUT2D eigenvalue weighted by Gasteiger charge is -2.24. The summed E-state index contributed by atoms with van der Waals surface area (Å²) in [6.45, 7) is 4.36. The molecule has 25 heavy (non-hydrogen) atoms. The van der Waals surface area contributed by atoms with Gasteiger partial charge in [0.05, 0.1) is 6.61 Å². The molecule has 0 aliphatic heterocycles. The van der Waals surface area contributed by atoms with Crippen LogP contribution in [0, 0.1) is 5.92 Å². The summed E-state index contributed by atoms with van der Waals surface area (Å²) in [5.41, 5.74) is 3.15. The summed E-state index contributed by atoms with van der Waals surface area (Å²) in [6.07, 6.45) is 1.84. The summed E-state index contributed by atoms with van der Waals surface area (Å²) in [5.74, 6) is -0.543. The summed E-state index contributed by atoms with van der Waals surface area (Å²) in [7, 11) is 0. The number of hydrogen-bond acceptors (Lipinski definition) is 3. The number of aliphatic carboxylic acids is 1. The summed E-state index contributed by atoms with van der Waals surface area (Å²) in [4.78, 5) is 23.2. The number of carbonyl (C=O) groups is 2. The van der Waals surface area contributed by atoms with Crippen LogP contribution in [0.2, 0.25) is 0 Å². The number of alkyl carbamates (subject to hydrolysis) is 1. The van der Waals surface area contributed by atoms with Gasteiger partial charge in [0.15, 0.2) is 0 Å². The average molecular weight is 344 g/mol. The molecule has 0 saturated heterocycles. The van der Waals surface area contributed by atoms with E-state index in [0.717, 1.165) is 35.0 Å². The number of fused-ring (bicyclic) bond motifs is 3. The zero-order valence-electron chi connectivity index (χ0n) is 14.6. The van der Waals surface area contributed by atoms with Gasteiger partial charge in [-0.15, -0.1) is 0 Å². The van der Waals surface area contributed by atoms with Crippen molar-refractivity contribution < 1.29 is 19.4 Å². The van der Waals surface area contributed by atoms with Gasteiger partial charge >= 0.3 is 12.1 Å². The first-order chi connectivity index (χ1) is 12.0. The minimum Gasteiger partial charge on any atom is -0.480 e. The van der Waals surface area contributed by atoms with Gasteiger partial charge in [-0.2, -0.15) is 0 Å². The Hall–Kier alpha value is -2.50. The van der Waals surface area contributed by atoms with Crippen LogP contribution in [0.1, 0.15) is 31.5 Å². The molecule has 6 nitrogen and oxygen atoms in total. The van der Waals surface area contributed by atoms with E-state index in [1.54, 1.807) is 0 Å². The maximum absolute atomic E-state index is 11.9. The molecule has 3 rings (SSSR count). The molecular weight excluding hydrogens is 320 g/mol. The Morgan fingerprint density at radius 1 is 1.36 bits per heavy atom. The van der Waals surface area contributed by atoms with Crippen molar-refractivity contribution >= 4 is 23.0 Å². The average Bonchev–Trinajstić information content (AvgIpc) is 2.86. The summed E-state index contributed by atoms with van der Waals surface area (Å²) in [6, 6.07) is 7.87. The normalized spacial score (nSPS) is 16.7. The molecule has 1 unspecified atom stereocenters. The van der Waals surface area contributed by atoms with Gasteiger partial charge in [-0.1, -0.05) is 32.0 Å². The Labute approximate surface area is 146 Å². The number of nitrogens with one attached hydrogen (secondary N) is 1. The fraction of sp³-hybridized carbons (Fsp3) is 0.474. The number of carbonyl (C=O) groups excluding carboxylic acids is 1. The van der Waals surface area contributed by atoms with Crippen molar-refractivity contribution in [3.63, 3.8) is 0 Å². The van der Waals surface area contributed by atoms with Gasteiger partial charge < -0.3 is 19.7 Å². The molecule has 0 saturated carbocycles. The Balaban J connectivity index is 1.81. The summed E-state index contributed by atoms with van der Waals surface area (Å²) in [5, 5.41) is 13.2. The van der Waals surface area contributed by atoms with E-state index in [1.807, 2.05) is 42.7 Å². The van der Waals surface area contributed by atoms with Crippen molar-refractivity contribution in [1.82, 2.24) is 9.88 Å². The van der Waals surface area contributed by atoms with Gasteiger partial charge in [0, 0.05) is 22.6 Å². The fourth-order valence-corrected chi connectivity index (χ4v) is 3.49. The van der Waals surface area contributed by atoms with Crippen molar-refractivity contribution in [2.24, 2.45) is 5.92 Å². The van der Waals surface area contributed by atoms with E-state index < -0.39 is 5.97 Å². The van der Waals surface area contributed by atoms with Gasteiger partial charge in [0.2, 0.25) is 0 Å². The zero-order chi connectivity index (χ0) is 18.0. The van der Waals surface area contributed by atoms with Crippen LogP contribution in [-0.4, -0.2) is 34.4 Å². The first-order valence-corrected chi connectivity index (χ1v) is 8.69. The second kappa shape index (κ2) is 7.17. The van der Waals surface area contributed by atoms with Crippen LogP contribution >= 0.6 is 0 Å². The molecule has 2 aromatic rings. The molecule has 0 spiro atoms. The number of carboxylic acids is 1. The number of carboxylic acid groups (broad SMARTS) is 1. The quantitative estimate of drug-likeness (QED) is 0.874. The molecule has 1 heterocycles. The minimum absolute atomic E-state index is 0.0104. The van der Waals surface area contributed by atoms with Crippen LogP contribution in [0.15, 0.2) is 24.3 Å². The Morgan fingerprint density at radius 2 is 2.12 bits per heavy atom. The second-order valence-corrected chi connectivity index (χ2v) is 7.00. The number of aromatic nitrogens is 1. The van der Waals surface area contributed by atoms with Crippen LogP contribution in [0.4, 0.5) is 4.79 Å². The van der Waals surface area contributed by atoms with Crippen LogP contribution in [0.3, 0.4) is 0 Å². The molecule has 6 heteroatoms. The van der Waals surface area contributed by atoms with Crippen molar-refractivity contribution in [3.8, 4) is 0 Å². The Bertz CT molecular complexity index is 794. The predicted molar refractivity (Wildman–Crippen MR) is 94.7 cm³/mol. The van der Waals surface area contributed by atoms with Gasteiger partial charge in [0.25, 0.3) is 0 Å². The van der Waals surface area contributed by atoms with Crippen LogP contribution < -0.4 is 5.32 Å². The zero-order valence-corrected chi connectivity index (χ0v) is 14.6. The second-order valence-electron chi connectivity index (χ2n) is 7.00. The predicted octanol–water partition coefficient (Wildman–Crippen LogP) is 2.97. The van der Waals surface area contributed by atoms with Crippen LogP contribution in [0.5, 0.6) is 0 Å². The van der Waals surface area contributed by atoms with E-state index >= 15 is 0 Å². The third kappa shape index (κ3) is 3.78. The van der Waals surface area contributed by atoms with E-state index in [2.05, 4.69) is 5.32 Å². The first kappa shape index (κ1) is 17.3. The molecule has 1 aromatic carbocycles. The lowest BCUT2D eigenvalue weighted by molar-refractivity contribution is -0.137. The van der Waals surface area contributed by atoms with Gasteiger partial charge in [0.1, 0.15) is 6.54 Å². The Kier molecular flexibility index (Phi) is 4.97. The standard InChI is InChI=1S/C19H24N2O4/c1-12(2)11-25-19(24)20-13-7-8-17-15(9-13)14-5-3-4-6-16(14)21(17)10-18(22)23/h3-6,12-13H,7-11H2,1-2H3,(H,20,24)(H,22,23). The SMILES string of the molecule is CC(C)COC(=O)NC1CCc2c(c3ccccc3n2CC(=O)O)C1. The molecule has 1 amide bonds. The van der Waals surface area contributed by atoms with Crippen molar-refractivity contribution in [2.75, 3.05) is 6.61 Å². The maximum atomic E-state index is 11.9.